The quantitative estimate of drug-likeness (QED) is 0.916. The van der Waals surface area contributed by atoms with E-state index in [1.807, 2.05) is 31.5 Å². The summed E-state index contributed by atoms with van der Waals surface area (Å²) in [6.07, 6.45) is 7.49. The molecule has 4 heteroatoms. The second-order valence-electron chi connectivity index (χ2n) is 5.06. The van der Waals surface area contributed by atoms with E-state index >= 15 is 0 Å². The number of thiophene rings is 1. The van der Waals surface area contributed by atoms with Crippen LogP contribution in [0.3, 0.4) is 0 Å². The number of aromatic nitrogens is 1. The average molecular weight is 288 g/mol. The van der Waals surface area contributed by atoms with Gasteiger partial charge in [-0.05, 0) is 56.5 Å². The number of ether oxygens (including phenoxy) is 1. The van der Waals surface area contributed by atoms with E-state index in [4.69, 9.17) is 4.74 Å². The summed E-state index contributed by atoms with van der Waals surface area (Å²) in [6, 6.07) is 4.66. The second kappa shape index (κ2) is 5.94. The average Bonchev–Trinajstić information content (AvgIpc) is 3.02. The summed E-state index contributed by atoms with van der Waals surface area (Å²) < 4.78 is 5.55. The van der Waals surface area contributed by atoms with Crippen LogP contribution in [0.15, 0.2) is 24.5 Å². The van der Waals surface area contributed by atoms with Gasteiger partial charge in [0.05, 0.1) is 18.8 Å². The number of nitrogens with zero attached hydrogens (tertiary/aromatic N) is 1. The molecule has 0 amide bonds. The molecule has 3 nitrogen and oxygen atoms in total. The number of hydrogen-bond donors (Lipinski definition) is 1. The molecule has 2 aromatic heterocycles. The third-order valence-electron chi connectivity index (χ3n) is 3.72. The van der Waals surface area contributed by atoms with Crippen LogP contribution in [-0.2, 0) is 12.8 Å². The summed E-state index contributed by atoms with van der Waals surface area (Å²) in [5.74, 6) is 0.842. The summed E-state index contributed by atoms with van der Waals surface area (Å²) in [5.41, 5.74) is 2.71. The Kier molecular flexibility index (Phi) is 4.03. The Labute approximate surface area is 124 Å². The Morgan fingerprint density at radius 2 is 2.25 bits per heavy atom. The van der Waals surface area contributed by atoms with Crippen molar-refractivity contribution in [2.24, 2.45) is 0 Å². The predicted octanol–water partition coefficient (Wildman–Crippen LogP) is 3.34. The molecule has 3 rings (SSSR count). The van der Waals surface area contributed by atoms with Crippen LogP contribution in [0.2, 0.25) is 0 Å². The Hall–Kier alpha value is -1.39. The van der Waals surface area contributed by atoms with Gasteiger partial charge in [0.2, 0.25) is 0 Å². The molecule has 0 aromatic carbocycles. The van der Waals surface area contributed by atoms with Crippen molar-refractivity contribution < 1.29 is 4.74 Å². The van der Waals surface area contributed by atoms with Gasteiger partial charge < -0.3 is 10.1 Å². The lowest BCUT2D eigenvalue weighted by Crippen LogP contribution is -2.16. The fourth-order valence-corrected chi connectivity index (χ4v) is 4.20. The van der Waals surface area contributed by atoms with Crippen molar-refractivity contribution in [1.29, 1.82) is 0 Å². The van der Waals surface area contributed by atoms with Crippen LogP contribution in [-0.4, -0.2) is 18.6 Å². The standard InChI is InChI=1S/C16H20N2OS/c1-3-19-13-7-12(9-18-10-13)16(17-2)15-8-11-5-4-6-14(11)20-15/h7-10,16-17H,3-6H2,1-2H3. The third-order valence-corrected chi connectivity index (χ3v) is 5.02. The summed E-state index contributed by atoms with van der Waals surface area (Å²) in [6.45, 7) is 2.66. The smallest absolute Gasteiger partial charge is 0.137 e. The Morgan fingerprint density at radius 1 is 1.35 bits per heavy atom. The van der Waals surface area contributed by atoms with E-state index in [1.165, 1.54) is 29.7 Å². The zero-order chi connectivity index (χ0) is 13.9. The van der Waals surface area contributed by atoms with Crippen LogP contribution in [0.25, 0.3) is 0 Å². The largest absolute Gasteiger partial charge is 0.492 e. The summed E-state index contributed by atoms with van der Waals surface area (Å²) >= 11 is 1.94. The molecule has 2 heterocycles. The van der Waals surface area contributed by atoms with E-state index in [2.05, 4.69) is 22.4 Å². The van der Waals surface area contributed by atoms with E-state index in [-0.39, 0.29) is 6.04 Å². The van der Waals surface area contributed by atoms with E-state index < -0.39 is 0 Å². The van der Waals surface area contributed by atoms with Gasteiger partial charge in [0.25, 0.3) is 0 Å². The lowest BCUT2D eigenvalue weighted by Gasteiger charge is -2.15. The Morgan fingerprint density at radius 3 is 3.00 bits per heavy atom. The van der Waals surface area contributed by atoms with Gasteiger partial charge in [0.15, 0.2) is 0 Å². The fourth-order valence-electron chi connectivity index (χ4n) is 2.81. The van der Waals surface area contributed by atoms with Gasteiger partial charge in [-0.2, -0.15) is 0 Å². The maximum Gasteiger partial charge on any atom is 0.137 e. The zero-order valence-electron chi connectivity index (χ0n) is 12.0. The second-order valence-corrected chi connectivity index (χ2v) is 6.23. The van der Waals surface area contributed by atoms with Crippen LogP contribution in [0.1, 0.15) is 40.3 Å². The van der Waals surface area contributed by atoms with Crippen molar-refractivity contribution in [3.63, 3.8) is 0 Å². The Bertz CT molecular complexity index is 572. The molecule has 106 valence electrons. The minimum Gasteiger partial charge on any atom is -0.492 e. The topological polar surface area (TPSA) is 34.1 Å². The molecule has 1 N–H and O–H groups in total. The van der Waals surface area contributed by atoms with Crippen LogP contribution >= 0.6 is 11.3 Å². The molecule has 0 spiro atoms. The number of hydrogen-bond acceptors (Lipinski definition) is 4. The molecular formula is C16H20N2OS. The number of aryl methyl sites for hydroxylation is 2. The highest BCUT2D eigenvalue weighted by molar-refractivity contribution is 7.12. The molecule has 0 saturated carbocycles. The van der Waals surface area contributed by atoms with Crippen molar-refractivity contribution in [2.45, 2.75) is 32.2 Å². The molecule has 1 unspecified atom stereocenters. The van der Waals surface area contributed by atoms with E-state index in [0.717, 1.165) is 5.75 Å². The minimum absolute atomic E-state index is 0.207. The van der Waals surface area contributed by atoms with Crippen molar-refractivity contribution in [3.8, 4) is 5.75 Å². The summed E-state index contributed by atoms with van der Waals surface area (Å²) in [4.78, 5) is 7.25. The highest BCUT2D eigenvalue weighted by Crippen LogP contribution is 2.36. The molecule has 0 radical (unpaired) electrons. The van der Waals surface area contributed by atoms with Crippen molar-refractivity contribution in [1.82, 2.24) is 10.3 Å². The van der Waals surface area contributed by atoms with Gasteiger partial charge in [-0.1, -0.05) is 0 Å². The van der Waals surface area contributed by atoms with Crippen molar-refractivity contribution >= 4 is 11.3 Å². The highest BCUT2D eigenvalue weighted by Gasteiger charge is 2.21. The minimum atomic E-state index is 0.207. The molecule has 1 aliphatic rings. The third kappa shape index (κ3) is 2.58. The molecule has 20 heavy (non-hydrogen) atoms. The first-order valence-corrected chi connectivity index (χ1v) is 8.00. The van der Waals surface area contributed by atoms with E-state index in [0.29, 0.717) is 6.61 Å². The molecular weight excluding hydrogens is 268 g/mol. The molecule has 0 bridgehead atoms. The van der Waals surface area contributed by atoms with E-state index in [1.54, 1.807) is 16.6 Å². The van der Waals surface area contributed by atoms with Gasteiger partial charge in [-0.15, -0.1) is 11.3 Å². The number of rotatable bonds is 5. The first-order valence-electron chi connectivity index (χ1n) is 7.18. The molecule has 0 saturated heterocycles. The normalized spacial score (nSPS) is 15.1. The summed E-state index contributed by atoms with van der Waals surface area (Å²) in [5, 5.41) is 3.41. The molecule has 1 aliphatic carbocycles. The van der Waals surface area contributed by atoms with Crippen LogP contribution in [0, 0.1) is 0 Å². The Balaban J connectivity index is 1.90. The SMILES string of the molecule is CCOc1cncc(C(NC)c2cc3c(s2)CCC3)c1. The lowest BCUT2D eigenvalue weighted by atomic mass is 10.1. The molecule has 1 atom stereocenters. The maximum atomic E-state index is 5.55. The fraction of sp³-hybridized carbons (Fsp3) is 0.438. The van der Waals surface area contributed by atoms with Crippen LogP contribution in [0.5, 0.6) is 5.75 Å². The maximum absolute atomic E-state index is 5.55. The van der Waals surface area contributed by atoms with Gasteiger partial charge in [0, 0.05) is 16.0 Å². The molecule has 0 aliphatic heterocycles. The monoisotopic (exact) mass is 288 g/mol. The van der Waals surface area contributed by atoms with Gasteiger partial charge in [-0.25, -0.2) is 0 Å². The zero-order valence-corrected chi connectivity index (χ0v) is 12.8. The van der Waals surface area contributed by atoms with Crippen molar-refractivity contribution in [2.75, 3.05) is 13.7 Å². The van der Waals surface area contributed by atoms with Gasteiger partial charge in [-0.3, -0.25) is 4.98 Å². The highest BCUT2D eigenvalue weighted by atomic mass is 32.1. The predicted molar refractivity (Wildman–Crippen MR) is 82.7 cm³/mol. The van der Waals surface area contributed by atoms with Crippen LogP contribution < -0.4 is 10.1 Å². The number of pyridine rings is 1. The molecule has 2 aromatic rings. The summed E-state index contributed by atoms with van der Waals surface area (Å²) in [7, 11) is 2.00. The van der Waals surface area contributed by atoms with E-state index in [9.17, 15) is 0 Å². The van der Waals surface area contributed by atoms with Crippen molar-refractivity contribution in [3.05, 3.63) is 45.4 Å². The van der Waals surface area contributed by atoms with Crippen LogP contribution in [0.4, 0.5) is 0 Å². The number of nitrogens with one attached hydrogen (secondary N) is 1. The van der Waals surface area contributed by atoms with Gasteiger partial charge >= 0.3 is 0 Å². The lowest BCUT2D eigenvalue weighted by molar-refractivity contribution is 0.338. The first kappa shape index (κ1) is 13.6. The molecule has 0 fully saturated rings. The number of fused-ring (bicyclic) bond motifs is 1. The van der Waals surface area contributed by atoms with Gasteiger partial charge in [0.1, 0.15) is 5.75 Å². The first-order chi connectivity index (χ1) is 9.81.